The van der Waals surface area contributed by atoms with Crippen LogP contribution in [0, 0.1) is 0 Å². The summed E-state index contributed by atoms with van der Waals surface area (Å²) in [4.78, 5) is 18.4. The van der Waals surface area contributed by atoms with E-state index in [0.29, 0.717) is 57.5 Å². The summed E-state index contributed by atoms with van der Waals surface area (Å²) < 4.78 is 36.3. The number of hydrogen-bond donors (Lipinski definition) is 2. The van der Waals surface area contributed by atoms with Gasteiger partial charge in [-0.15, -0.1) is 24.0 Å². The van der Waals surface area contributed by atoms with Crippen LogP contribution in [0.15, 0.2) is 44.7 Å². The second kappa shape index (κ2) is 12.0. The molecule has 3 heterocycles. The maximum atomic E-state index is 12.6. The first-order valence-electron chi connectivity index (χ1n) is 9.71. The Kier molecular flexibility index (Phi) is 9.77. The van der Waals surface area contributed by atoms with Crippen LogP contribution >= 0.6 is 24.0 Å². The molecule has 3 rings (SSSR count). The summed E-state index contributed by atoms with van der Waals surface area (Å²) in [6.07, 6.45) is 2.81. The number of aromatic nitrogens is 1. The maximum Gasteiger partial charge on any atom is 0.287 e. The van der Waals surface area contributed by atoms with Gasteiger partial charge in [-0.1, -0.05) is 5.16 Å². The van der Waals surface area contributed by atoms with Crippen LogP contribution in [0.2, 0.25) is 0 Å². The van der Waals surface area contributed by atoms with E-state index in [1.165, 1.54) is 16.8 Å². The first-order chi connectivity index (χ1) is 14.5. The van der Waals surface area contributed by atoms with Gasteiger partial charge in [0.1, 0.15) is 12.0 Å². The Morgan fingerprint density at radius 2 is 1.97 bits per heavy atom. The highest BCUT2D eigenvalue weighted by atomic mass is 127. The summed E-state index contributed by atoms with van der Waals surface area (Å²) in [5, 5.41) is 9.64. The van der Waals surface area contributed by atoms with Crippen molar-refractivity contribution in [3.8, 4) is 0 Å². The number of carbonyl (C=O) groups excluding carboxylic acids is 1. The van der Waals surface area contributed by atoms with Crippen LogP contribution in [0.5, 0.6) is 0 Å². The molecule has 172 valence electrons. The lowest BCUT2D eigenvalue weighted by Crippen LogP contribution is -2.54. The van der Waals surface area contributed by atoms with Crippen molar-refractivity contribution in [2.24, 2.45) is 4.99 Å². The zero-order valence-corrected chi connectivity index (χ0v) is 20.3. The van der Waals surface area contributed by atoms with Crippen LogP contribution < -0.4 is 10.6 Å². The average molecular weight is 566 g/mol. The number of piperazine rings is 1. The molecule has 0 aromatic carbocycles. The minimum atomic E-state index is -3.45. The molecule has 11 nitrogen and oxygen atoms in total. The summed E-state index contributed by atoms with van der Waals surface area (Å²) in [5.74, 6) is 0.491. The van der Waals surface area contributed by atoms with Crippen molar-refractivity contribution in [1.29, 1.82) is 0 Å². The van der Waals surface area contributed by atoms with E-state index in [0.717, 1.165) is 0 Å². The lowest BCUT2D eigenvalue weighted by molar-refractivity contribution is 0.0927. The van der Waals surface area contributed by atoms with E-state index in [-0.39, 0.29) is 41.4 Å². The minimum absolute atomic E-state index is 0. The van der Waals surface area contributed by atoms with Crippen molar-refractivity contribution in [2.75, 3.05) is 45.8 Å². The number of nitrogens with one attached hydrogen (secondary N) is 2. The van der Waals surface area contributed by atoms with Crippen LogP contribution in [-0.4, -0.2) is 80.5 Å². The number of hydrogen-bond acceptors (Lipinski definition) is 7. The fourth-order valence-electron chi connectivity index (χ4n) is 3.02. The quantitative estimate of drug-likeness (QED) is 0.207. The van der Waals surface area contributed by atoms with Crippen molar-refractivity contribution in [3.05, 3.63) is 42.2 Å². The first-order valence-corrected chi connectivity index (χ1v) is 11.3. The molecule has 31 heavy (non-hydrogen) atoms. The van der Waals surface area contributed by atoms with E-state index in [1.807, 2.05) is 11.8 Å². The minimum Gasteiger partial charge on any atom is -0.459 e. The summed E-state index contributed by atoms with van der Waals surface area (Å²) in [5.41, 5.74) is 0.393. The fourth-order valence-corrected chi connectivity index (χ4v) is 4.45. The molecule has 1 aliphatic heterocycles. The van der Waals surface area contributed by atoms with Gasteiger partial charge in [0, 0.05) is 45.3 Å². The number of rotatable bonds is 8. The standard InChI is InChI=1S/C18H26N6O5S.HI/c1-2-19-18(21-7-6-20-17(25)16-4-3-12-28-16)23-8-10-24(11-9-23)30(26,27)14-15-5-13-29-22-15;/h3-5,12-13H,2,6-11,14H2,1H3,(H,19,21)(H,20,25);1H. The molecule has 1 saturated heterocycles. The third kappa shape index (κ3) is 7.21. The number of aliphatic imine (C=N–C) groups is 1. The molecule has 2 N–H and O–H groups in total. The van der Waals surface area contributed by atoms with E-state index in [2.05, 4.69) is 20.8 Å². The Labute approximate surface area is 198 Å². The smallest absolute Gasteiger partial charge is 0.287 e. The number of carbonyl (C=O) groups is 1. The Balaban J connectivity index is 0.00000341. The molecule has 0 unspecified atom stereocenters. The van der Waals surface area contributed by atoms with Crippen molar-refractivity contribution in [2.45, 2.75) is 12.7 Å². The van der Waals surface area contributed by atoms with Gasteiger partial charge in [-0.3, -0.25) is 9.79 Å². The zero-order valence-electron chi connectivity index (χ0n) is 17.2. The molecule has 0 atom stereocenters. The number of halogens is 1. The first kappa shape index (κ1) is 25.1. The Bertz CT molecular complexity index is 925. The van der Waals surface area contributed by atoms with Crippen molar-refractivity contribution >= 4 is 45.9 Å². The lowest BCUT2D eigenvalue weighted by Gasteiger charge is -2.35. The molecule has 0 bridgehead atoms. The predicted octanol–water partition coefficient (Wildman–Crippen LogP) is 0.729. The Morgan fingerprint density at radius 1 is 1.19 bits per heavy atom. The SMILES string of the molecule is CCNC(=NCCNC(=O)c1ccco1)N1CCN(S(=O)(=O)Cc2ccon2)CC1.I. The largest absolute Gasteiger partial charge is 0.459 e. The molecule has 0 radical (unpaired) electrons. The highest BCUT2D eigenvalue weighted by Crippen LogP contribution is 2.13. The molecule has 1 fully saturated rings. The van der Waals surface area contributed by atoms with Crippen LogP contribution in [0.3, 0.4) is 0 Å². The summed E-state index contributed by atoms with van der Waals surface area (Å²) in [6, 6.07) is 4.80. The van der Waals surface area contributed by atoms with E-state index in [1.54, 1.807) is 18.2 Å². The van der Waals surface area contributed by atoms with Gasteiger partial charge in [0.25, 0.3) is 5.91 Å². The van der Waals surface area contributed by atoms with E-state index >= 15 is 0 Å². The summed E-state index contributed by atoms with van der Waals surface area (Å²) >= 11 is 0. The molecule has 2 aromatic rings. The molecular formula is C18H27IN6O5S. The van der Waals surface area contributed by atoms with Gasteiger partial charge in [0.15, 0.2) is 11.7 Å². The third-order valence-electron chi connectivity index (χ3n) is 4.49. The molecule has 13 heteroatoms. The fraction of sp³-hybridized carbons (Fsp3) is 0.500. The topological polar surface area (TPSA) is 133 Å². The van der Waals surface area contributed by atoms with E-state index in [4.69, 9.17) is 8.94 Å². The highest BCUT2D eigenvalue weighted by Gasteiger charge is 2.29. The zero-order chi connectivity index (χ0) is 21.4. The van der Waals surface area contributed by atoms with Gasteiger partial charge in [-0.05, 0) is 19.1 Å². The predicted molar refractivity (Wildman–Crippen MR) is 125 cm³/mol. The Morgan fingerprint density at radius 3 is 2.58 bits per heavy atom. The second-order valence-corrected chi connectivity index (χ2v) is 8.57. The maximum absolute atomic E-state index is 12.6. The lowest BCUT2D eigenvalue weighted by atomic mass is 10.4. The summed E-state index contributed by atoms with van der Waals surface area (Å²) in [6.45, 7) is 5.15. The molecule has 0 saturated carbocycles. The van der Waals surface area contributed by atoms with Crippen molar-refractivity contribution < 1.29 is 22.2 Å². The van der Waals surface area contributed by atoms with Crippen LogP contribution in [0.25, 0.3) is 0 Å². The molecular weight excluding hydrogens is 539 g/mol. The molecule has 2 aromatic heterocycles. The van der Waals surface area contributed by atoms with Crippen LogP contribution in [-0.2, 0) is 15.8 Å². The van der Waals surface area contributed by atoms with Crippen molar-refractivity contribution in [1.82, 2.24) is 25.0 Å². The van der Waals surface area contributed by atoms with Gasteiger partial charge < -0.3 is 24.5 Å². The van der Waals surface area contributed by atoms with Crippen molar-refractivity contribution in [3.63, 3.8) is 0 Å². The summed E-state index contributed by atoms with van der Waals surface area (Å²) in [7, 11) is -3.45. The molecule has 1 aliphatic rings. The van der Waals surface area contributed by atoms with Crippen LogP contribution in [0.1, 0.15) is 23.2 Å². The second-order valence-electron chi connectivity index (χ2n) is 6.60. The molecule has 1 amide bonds. The number of sulfonamides is 1. The van der Waals surface area contributed by atoms with Gasteiger partial charge in [0.05, 0.1) is 18.5 Å². The van der Waals surface area contributed by atoms with E-state index < -0.39 is 10.0 Å². The highest BCUT2D eigenvalue weighted by molar-refractivity contribution is 14.0. The number of nitrogens with zero attached hydrogens (tertiary/aromatic N) is 4. The number of furan rings is 1. The average Bonchev–Trinajstić information content (AvgIpc) is 3.44. The van der Waals surface area contributed by atoms with Gasteiger partial charge >= 0.3 is 0 Å². The monoisotopic (exact) mass is 566 g/mol. The normalized spacial score (nSPS) is 15.4. The molecule has 0 spiro atoms. The van der Waals surface area contributed by atoms with Gasteiger partial charge in [-0.2, -0.15) is 4.31 Å². The molecule has 0 aliphatic carbocycles. The van der Waals surface area contributed by atoms with Crippen LogP contribution in [0.4, 0.5) is 0 Å². The van der Waals surface area contributed by atoms with Gasteiger partial charge in [0.2, 0.25) is 10.0 Å². The number of amides is 1. The van der Waals surface area contributed by atoms with E-state index in [9.17, 15) is 13.2 Å². The third-order valence-corrected chi connectivity index (χ3v) is 6.30. The number of guanidine groups is 1. The Hall–Kier alpha value is -2.13. The van der Waals surface area contributed by atoms with Gasteiger partial charge in [-0.25, -0.2) is 8.42 Å².